The van der Waals surface area contributed by atoms with Gasteiger partial charge in [-0.15, -0.1) is 4.99 Å². The Morgan fingerprint density at radius 2 is 1.43 bits per heavy atom. The van der Waals surface area contributed by atoms with Gasteiger partial charge in [0.05, 0.1) is 6.10 Å². The van der Waals surface area contributed by atoms with Gasteiger partial charge >= 0.3 is 5.97 Å². The first-order valence-electron chi connectivity index (χ1n) is 9.28. The van der Waals surface area contributed by atoms with Crippen molar-refractivity contribution in [3.63, 3.8) is 0 Å². The second-order valence-corrected chi connectivity index (χ2v) is 6.51. The van der Waals surface area contributed by atoms with Crippen LogP contribution in [0.1, 0.15) is 90.4 Å². The van der Waals surface area contributed by atoms with Crippen LogP contribution in [0.4, 0.5) is 0 Å². The number of nitrogens with zero attached hydrogens (tertiary/aromatic N) is 1. The van der Waals surface area contributed by atoms with Gasteiger partial charge in [-0.2, -0.15) is 5.06 Å². The summed E-state index contributed by atoms with van der Waals surface area (Å²) in [5.74, 6) is -0.727. The smallest absolute Gasteiger partial charge is 0.303 e. The van der Waals surface area contributed by atoms with Gasteiger partial charge in [-0.1, -0.05) is 64.7 Å². The number of hydrogen-bond acceptors (Lipinski definition) is 4. The van der Waals surface area contributed by atoms with Crippen molar-refractivity contribution in [1.29, 1.82) is 0 Å². The zero-order valence-electron chi connectivity index (χ0n) is 15.4. The summed E-state index contributed by atoms with van der Waals surface area (Å²) in [5, 5.41) is 10.2. The average Bonchev–Trinajstić information content (AvgIpc) is 2.50. The maximum atomic E-state index is 10.5. The fourth-order valence-electron chi connectivity index (χ4n) is 2.54. The molecule has 0 aromatic carbocycles. The summed E-state index contributed by atoms with van der Waals surface area (Å²) in [7, 11) is 3.58. The Kier molecular flexibility index (Phi) is 15.8. The van der Waals surface area contributed by atoms with Crippen molar-refractivity contribution < 1.29 is 19.8 Å². The summed E-state index contributed by atoms with van der Waals surface area (Å²) in [4.78, 5) is 21.1. The van der Waals surface area contributed by atoms with Crippen LogP contribution in [-0.2, 0) is 14.7 Å². The molecule has 0 bridgehead atoms. The Hall–Kier alpha value is -0.650. The van der Waals surface area contributed by atoms with E-state index in [-0.39, 0.29) is 12.5 Å². The standard InChI is InChI=1S/C18H37NO4/c1-4-5-6-7-8-9-10-11-14-17(22-23-19(2)3)15-12-13-16-18(20)21/h17H,4-16H2,1-3H3,(H,20,21). The number of carboxylic acids is 1. The van der Waals surface area contributed by atoms with Crippen molar-refractivity contribution in [2.75, 3.05) is 14.1 Å². The quantitative estimate of drug-likeness (QED) is 0.232. The Morgan fingerprint density at radius 1 is 0.913 bits per heavy atom. The predicted molar refractivity (Wildman–Crippen MR) is 93.0 cm³/mol. The molecule has 0 radical (unpaired) electrons. The van der Waals surface area contributed by atoms with E-state index in [2.05, 4.69) is 6.92 Å². The highest BCUT2D eigenvalue weighted by molar-refractivity contribution is 5.66. The Bertz CT molecular complexity index is 272. The fourth-order valence-corrected chi connectivity index (χ4v) is 2.54. The lowest BCUT2D eigenvalue weighted by atomic mass is 10.0. The molecule has 23 heavy (non-hydrogen) atoms. The molecular formula is C18H37NO4. The summed E-state index contributed by atoms with van der Waals surface area (Å²) in [6.07, 6.45) is 14.1. The molecule has 0 fully saturated rings. The molecule has 0 aliphatic heterocycles. The second kappa shape index (κ2) is 16.2. The van der Waals surface area contributed by atoms with Crippen molar-refractivity contribution in [3.05, 3.63) is 0 Å². The predicted octanol–water partition coefficient (Wildman–Crippen LogP) is 4.96. The molecule has 0 amide bonds. The van der Waals surface area contributed by atoms with Crippen molar-refractivity contribution >= 4 is 5.97 Å². The summed E-state index contributed by atoms with van der Waals surface area (Å²) in [5.41, 5.74) is 0. The number of rotatable bonds is 17. The van der Waals surface area contributed by atoms with E-state index in [1.165, 1.54) is 50.0 Å². The van der Waals surface area contributed by atoms with Crippen LogP contribution in [0.5, 0.6) is 0 Å². The topological polar surface area (TPSA) is 59.0 Å². The van der Waals surface area contributed by atoms with Gasteiger partial charge in [-0.3, -0.25) is 4.79 Å². The van der Waals surface area contributed by atoms with E-state index < -0.39 is 5.97 Å². The molecule has 0 saturated carbocycles. The lowest BCUT2D eigenvalue weighted by Crippen LogP contribution is -2.20. The first-order chi connectivity index (χ1) is 11.1. The van der Waals surface area contributed by atoms with E-state index in [0.29, 0.717) is 6.42 Å². The van der Waals surface area contributed by atoms with E-state index in [0.717, 1.165) is 25.7 Å². The summed E-state index contributed by atoms with van der Waals surface area (Å²) < 4.78 is 0. The zero-order chi connectivity index (χ0) is 17.3. The van der Waals surface area contributed by atoms with Crippen LogP contribution in [0.25, 0.3) is 0 Å². The van der Waals surface area contributed by atoms with Crippen molar-refractivity contribution in [2.45, 2.75) is 96.5 Å². The van der Waals surface area contributed by atoms with Crippen LogP contribution >= 0.6 is 0 Å². The highest BCUT2D eigenvalue weighted by Crippen LogP contribution is 2.16. The molecule has 0 aliphatic rings. The van der Waals surface area contributed by atoms with E-state index in [1.54, 1.807) is 14.1 Å². The highest BCUT2D eigenvalue weighted by Gasteiger charge is 2.11. The zero-order valence-corrected chi connectivity index (χ0v) is 15.4. The lowest BCUT2D eigenvalue weighted by Gasteiger charge is -2.18. The highest BCUT2D eigenvalue weighted by atomic mass is 17.3. The third-order valence-corrected chi connectivity index (χ3v) is 3.87. The largest absolute Gasteiger partial charge is 0.481 e. The Balaban J connectivity index is 3.72. The minimum absolute atomic E-state index is 0.0614. The van der Waals surface area contributed by atoms with E-state index >= 15 is 0 Å². The molecule has 1 atom stereocenters. The van der Waals surface area contributed by atoms with Gasteiger partial charge in [-0.25, -0.2) is 4.89 Å². The SMILES string of the molecule is CCCCCCCCCCC(CCCCC(=O)O)OON(C)C. The number of carbonyl (C=O) groups is 1. The molecule has 138 valence electrons. The maximum absolute atomic E-state index is 10.5. The summed E-state index contributed by atoms with van der Waals surface area (Å²) >= 11 is 0. The van der Waals surface area contributed by atoms with Gasteiger partial charge in [0.1, 0.15) is 0 Å². The number of hydroxylamine groups is 2. The molecule has 0 aliphatic carbocycles. The molecule has 1 N–H and O–H groups in total. The van der Waals surface area contributed by atoms with Crippen LogP contribution < -0.4 is 0 Å². The molecule has 0 rings (SSSR count). The fraction of sp³-hybridized carbons (Fsp3) is 0.944. The van der Waals surface area contributed by atoms with Crippen LogP contribution in [0.3, 0.4) is 0 Å². The number of hydrogen-bond donors (Lipinski definition) is 1. The molecule has 0 aromatic rings. The van der Waals surface area contributed by atoms with Gasteiger partial charge in [0, 0.05) is 20.5 Å². The van der Waals surface area contributed by atoms with E-state index in [4.69, 9.17) is 15.0 Å². The molecule has 5 heteroatoms. The third-order valence-electron chi connectivity index (χ3n) is 3.87. The van der Waals surface area contributed by atoms with Gasteiger partial charge < -0.3 is 5.11 Å². The van der Waals surface area contributed by atoms with Crippen LogP contribution in [0.15, 0.2) is 0 Å². The number of unbranched alkanes of at least 4 members (excludes halogenated alkanes) is 8. The summed E-state index contributed by atoms with van der Waals surface area (Å²) in [6.45, 7) is 2.24. The lowest BCUT2D eigenvalue weighted by molar-refractivity contribution is -0.433. The monoisotopic (exact) mass is 331 g/mol. The van der Waals surface area contributed by atoms with E-state index in [1.807, 2.05) is 0 Å². The second-order valence-electron chi connectivity index (χ2n) is 6.51. The van der Waals surface area contributed by atoms with Crippen molar-refractivity contribution in [1.82, 2.24) is 5.06 Å². The average molecular weight is 331 g/mol. The minimum atomic E-state index is -0.727. The number of carboxylic acid groups (broad SMARTS) is 1. The molecular weight excluding hydrogens is 294 g/mol. The van der Waals surface area contributed by atoms with Gasteiger partial charge in [0.15, 0.2) is 0 Å². The molecule has 0 aromatic heterocycles. The first-order valence-corrected chi connectivity index (χ1v) is 9.28. The molecule has 1 unspecified atom stereocenters. The first kappa shape index (κ1) is 22.4. The molecule has 0 saturated heterocycles. The Labute approximate surface area is 142 Å². The van der Waals surface area contributed by atoms with Gasteiger partial charge in [0.2, 0.25) is 0 Å². The van der Waals surface area contributed by atoms with Gasteiger partial charge in [0.25, 0.3) is 0 Å². The van der Waals surface area contributed by atoms with Crippen LogP contribution in [0.2, 0.25) is 0 Å². The van der Waals surface area contributed by atoms with E-state index in [9.17, 15) is 4.79 Å². The van der Waals surface area contributed by atoms with Crippen LogP contribution in [-0.4, -0.2) is 36.3 Å². The third kappa shape index (κ3) is 17.5. The minimum Gasteiger partial charge on any atom is -0.481 e. The maximum Gasteiger partial charge on any atom is 0.303 e. The van der Waals surface area contributed by atoms with Crippen molar-refractivity contribution in [2.24, 2.45) is 0 Å². The summed E-state index contributed by atoms with van der Waals surface area (Å²) in [6, 6.07) is 0. The molecule has 5 nitrogen and oxygen atoms in total. The Morgan fingerprint density at radius 3 is 1.96 bits per heavy atom. The van der Waals surface area contributed by atoms with Crippen molar-refractivity contribution in [3.8, 4) is 0 Å². The number of aliphatic carboxylic acids is 1. The molecule has 0 heterocycles. The van der Waals surface area contributed by atoms with Gasteiger partial charge in [-0.05, 0) is 19.3 Å². The van der Waals surface area contributed by atoms with Crippen LogP contribution in [0, 0.1) is 0 Å². The molecule has 0 spiro atoms. The normalized spacial score (nSPS) is 12.7.